The largest absolute Gasteiger partial charge is 0.379 e. The molecule has 2 nitrogen and oxygen atoms in total. The monoisotopic (exact) mass is 159 g/mol. The van der Waals surface area contributed by atoms with Crippen molar-refractivity contribution >= 4 is 0 Å². The zero-order valence-electron chi connectivity index (χ0n) is 8.35. The minimum Gasteiger partial charge on any atom is -0.379 e. The maximum Gasteiger partial charge on any atom is 0.0625 e. The molecule has 2 unspecified atom stereocenters. The van der Waals surface area contributed by atoms with Gasteiger partial charge in [0.15, 0.2) is 0 Å². The molecule has 11 heavy (non-hydrogen) atoms. The molecule has 0 saturated heterocycles. The number of hydrogen-bond acceptors (Lipinski definition) is 2. The molecule has 0 bridgehead atoms. The van der Waals surface area contributed by atoms with Crippen LogP contribution in [-0.4, -0.2) is 18.8 Å². The van der Waals surface area contributed by atoms with Gasteiger partial charge in [-0.05, 0) is 33.1 Å². The lowest BCUT2D eigenvalue weighted by atomic mass is 9.90. The first-order valence-electron chi connectivity index (χ1n) is 4.20. The van der Waals surface area contributed by atoms with Gasteiger partial charge < -0.3 is 10.5 Å². The fourth-order valence-electron chi connectivity index (χ4n) is 1.04. The Kier molecular flexibility index (Phi) is 4.04. The average Bonchev–Trinajstić information content (AvgIpc) is 1.87. The highest BCUT2D eigenvalue weighted by Gasteiger charge is 2.21. The van der Waals surface area contributed by atoms with E-state index in [1.165, 1.54) is 0 Å². The van der Waals surface area contributed by atoms with Crippen LogP contribution in [0.25, 0.3) is 0 Å². The van der Waals surface area contributed by atoms with Gasteiger partial charge in [-0.25, -0.2) is 0 Å². The molecule has 0 spiro atoms. The highest BCUT2D eigenvalue weighted by molar-refractivity contribution is 4.75. The predicted molar refractivity (Wildman–Crippen MR) is 48.5 cm³/mol. The Bertz CT molecular complexity index is 110. The van der Waals surface area contributed by atoms with E-state index in [1.807, 2.05) is 6.92 Å². The number of nitrogens with two attached hydrogens (primary N) is 1. The third-order valence-electron chi connectivity index (χ3n) is 2.26. The Labute approximate surface area is 70.1 Å². The molecule has 68 valence electrons. The SMILES string of the molecule is COC(C)(C)CC(C)C(C)N. The molecule has 0 aromatic rings. The molecule has 0 amide bonds. The Morgan fingerprint density at radius 2 is 1.82 bits per heavy atom. The van der Waals surface area contributed by atoms with Crippen LogP contribution in [0.1, 0.15) is 34.1 Å². The molecule has 0 saturated carbocycles. The fraction of sp³-hybridized carbons (Fsp3) is 1.00. The van der Waals surface area contributed by atoms with E-state index in [0.717, 1.165) is 6.42 Å². The van der Waals surface area contributed by atoms with Crippen LogP contribution in [0.15, 0.2) is 0 Å². The van der Waals surface area contributed by atoms with E-state index in [2.05, 4.69) is 20.8 Å². The molecule has 2 atom stereocenters. The number of rotatable bonds is 4. The molecule has 0 aromatic heterocycles. The lowest BCUT2D eigenvalue weighted by Crippen LogP contribution is -2.33. The van der Waals surface area contributed by atoms with Gasteiger partial charge in [0.1, 0.15) is 0 Å². The lowest BCUT2D eigenvalue weighted by Gasteiger charge is -2.28. The minimum absolute atomic E-state index is 0.0347. The summed E-state index contributed by atoms with van der Waals surface area (Å²) in [6.07, 6.45) is 1.02. The number of methoxy groups -OCH3 is 1. The molecular formula is C9H21NO. The van der Waals surface area contributed by atoms with E-state index in [-0.39, 0.29) is 11.6 Å². The Hall–Kier alpha value is -0.0800. The molecule has 0 heterocycles. The second kappa shape index (κ2) is 4.07. The summed E-state index contributed by atoms with van der Waals surface area (Å²) in [7, 11) is 1.74. The molecule has 0 aliphatic heterocycles. The number of hydrogen-bond donors (Lipinski definition) is 1. The molecule has 0 aliphatic carbocycles. The standard InChI is InChI=1S/C9H21NO/c1-7(8(2)10)6-9(3,4)11-5/h7-8H,6,10H2,1-5H3. The summed E-state index contributed by atoms with van der Waals surface area (Å²) in [5, 5.41) is 0. The Morgan fingerprint density at radius 3 is 2.09 bits per heavy atom. The van der Waals surface area contributed by atoms with Gasteiger partial charge in [0.05, 0.1) is 5.60 Å². The molecule has 2 heteroatoms. The average molecular weight is 159 g/mol. The summed E-state index contributed by atoms with van der Waals surface area (Å²) in [5.41, 5.74) is 5.71. The Morgan fingerprint density at radius 1 is 1.36 bits per heavy atom. The van der Waals surface area contributed by atoms with Gasteiger partial charge in [-0.3, -0.25) is 0 Å². The van der Waals surface area contributed by atoms with Crippen molar-refractivity contribution in [3.05, 3.63) is 0 Å². The van der Waals surface area contributed by atoms with E-state index < -0.39 is 0 Å². The van der Waals surface area contributed by atoms with Gasteiger partial charge in [-0.1, -0.05) is 6.92 Å². The third kappa shape index (κ3) is 4.38. The van der Waals surface area contributed by atoms with E-state index in [1.54, 1.807) is 7.11 Å². The van der Waals surface area contributed by atoms with E-state index in [9.17, 15) is 0 Å². The normalized spacial score (nSPS) is 18.0. The zero-order chi connectivity index (χ0) is 9.07. The molecule has 0 aliphatic rings. The smallest absolute Gasteiger partial charge is 0.0625 e. The van der Waals surface area contributed by atoms with Crippen molar-refractivity contribution in [3.63, 3.8) is 0 Å². The van der Waals surface area contributed by atoms with Gasteiger partial charge in [-0.15, -0.1) is 0 Å². The van der Waals surface area contributed by atoms with Crippen LogP contribution in [-0.2, 0) is 4.74 Å². The highest BCUT2D eigenvalue weighted by atomic mass is 16.5. The van der Waals surface area contributed by atoms with Gasteiger partial charge in [-0.2, -0.15) is 0 Å². The lowest BCUT2D eigenvalue weighted by molar-refractivity contribution is 0.00177. The molecule has 2 N–H and O–H groups in total. The second-order valence-corrected chi connectivity index (χ2v) is 4.00. The first-order chi connectivity index (χ1) is 4.89. The molecular weight excluding hydrogens is 138 g/mol. The maximum atomic E-state index is 5.74. The Balaban J connectivity index is 3.83. The topological polar surface area (TPSA) is 35.2 Å². The van der Waals surface area contributed by atoms with Crippen LogP contribution in [0.2, 0.25) is 0 Å². The summed E-state index contributed by atoms with van der Waals surface area (Å²) in [4.78, 5) is 0. The molecule has 0 rings (SSSR count). The van der Waals surface area contributed by atoms with Crippen LogP contribution in [0.5, 0.6) is 0 Å². The fourth-order valence-corrected chi connectivity index (χ4v) is 1.04. The van der Waals surface area contributed by atoms with Crippen molar-refractivity contribution in [1.29, 1.82) is 0 Å². The highest BCUT2D eigenvalue weighted by Crippen LogP contribution is 2.20. The van der Waals surface area contributed by atoms with Crippen molar-refractivity contribution in [2.45, 2.75) is 45.8 Å². The van der Waals surface area contributed by atoms with Gasteiger partial charge >= 0.3 is 0 Å². The minimum atomic E-state index is -0.0347. The van der Waals surface area contributed by atoms with Crippen LogP contribution in [0.4, 0.5) is 0 Å². The third-order valence-corrected chi connectivity index (χ3v) is 2.26. The molecule has 0 radical (unpaired) electrons. The van der Waals surface area contributed by atoms with Crippen molar-refractivity contribution in [2.75, 3.05) is 7.11 Å². The maximum absolute atomic E-state index is 5.74. The van der Waals surface area contributed by atoms with E-state index in [0.29, 0.717) is 5.92 Å². The van der Waals surface area contributed by atoms with Crippen molar-refractivity contribution in [2.24, 2.45) is 11.7 Å². The van der Waals surface area contributed by atoms with Gasteiger partial charge in [0.25, 0.3) is 0 Å². The van der Waals surface area contributed by atoms with Gasteiger partial charge in [0, 0.05) is 13.2 Å². The van der Waals surface area contributed by atoms with Crippen LogP contribution >= 0.6 is 0 Å². The summed E-state index contributed by atoms with van der Waals surface area (Å²) in [6, 6.07) is 0.254. The first kappa shape index (κ1) is 10.9. The summed E-state index contributed by atoms with van der Waals surface area (Å²) in [5.74, 6) is 0.518. The first-order valence-corrected chi connectivity index (χ1v) is 4.20. The molecule has 0 aromatic carbocycles. The summed E-state index contributed by atoms with van der Waals surface area (Å²) in [6.45, 7) is 8.37. The zero-order valence-corrected chi connectivity index (χ0v) is 8.35. The van der Waals surface area contributed by atoms with Crippen molar-refractivity contribution < 1.29 is 4.74 Å². The predicted octanol–water partition coefficient (Wildman–Crippen LogP) is 1.78. The van der Waals surface area contributed by atoms with Crippen molar-refractivity contribution in [1.82, 2.24) is 0 Å². The van der Waals surface area contributed by atoms with Crippen LogP contribution in [0, 0.1) is 5.92 Å². The van der Waals surface area contributed by atoms with E-state index >= 15 is 0 Å². The van der Waals surface area contributed by atoms with E-state index in [4.69, 9.17) is 10.5 Å². The van der Waals surface area contributed by atoms with Crippen LogP contribution < -0.4 is 5.73 Å². The second-order valence-electron chi connectivity index (χ2n) is 4.00. The quantitative estimate of drug-likeness (QED) is 0.678. The summed E-state index contributed by atoms with van der Waals surface area (Å²) < 4.78 is 5.30. The van der Waals surface area contributed by atoms with Crippen molar-refractivity contribution in [3.8, 4) is 0 Å². The number of ether oxygens (including phenoxy) is 1. The van der Waals surface area contributed by atoms with Gasteiger partial charge in [0.2, 0.25) is 0 Å². The van der Waals surface area contributed by atoms with Crippen LogP contribution in [0.3, 0.4) is 0 Å². The molecule has 0 fully saturated rings. The summed E-state index contributed by atoms with van der Waals surface area (Å²) >= 11 is 0.